The Morgan fingerprint density at radius 2 is 1.86 bits per heavy atom. The number of hydrogen-bond donors (Lipinski definition) is 1. The zero-order valence-corrected chi connectivity index (χ0v) is 13.5. The molecular weight excluding hydrogens is 280 g/mol. The summed E-state index contributed by atoms with van der Waals surface area (Å²) in [4.78, 5) is 6.20. The molecule has 3 rings (SSSR count). The van der Waals surface area contributed by atoms with Crippen LogP contribution in [-0.4, -0.2) is 11.1 Å². The molecule has 0 amide bonds. The van der Waals surface area contributed by atoms with E-state index in [-0.39, 0.29) is 12.1 Å². The van der Waals surface area contributed by atoms with E-state index in [9.17, 15) is 0 Å². The number of aromatic nitrogens is 1. The molecule has 21 heavy (non-hydrogen) atoms. The second kappa shape index (κ2) is 6.16. The highest BCUT2D eigenvalue weighted by Gasteiger charge is 2.19. The summed E-state index contributed by atoms with van der Waals surface area (Å²) < 4.78 is 5.67. The average molecular weight is 302 g/mol. The third-order valence-electron chi connectivity index (χ3n) is 3.74. The Kier molecular flexibility index (Phi) is 4.27. The van der Waals surface area contributed by atoms with Crippen molar-refractivity contribution in [2.45, 2.75) is 51.7 Å². The number of thiazole rings is 1. The maximum absolute atomic E-state index is 6.39. The Morgan fingerprint density at radius 1 is 1.14 bits per heavy atom. The van der Waals surface area contributed by atoms with Gasteiger partial charge in [0.15, 0.2) is 0 Å². The highest BCUT2D eigenvalue weighted by atomic mass is 32.1. The molecular formula is C17H22N2OS. The van der Waals surface area contributed by atoms with Crippen LogP contribution in [0.5, 0.6) is 5.75 Å². The van der Waals surface area contributed by atoms with Gasteiger partial charge in [0.25, 0.3) is 0 Å². The summed E-state index contributed by atoms with van der Waals surface area (Å²) >= 11 is 1.79. The molecule has 2 aromatic rings. The van der Waals surface area contributed by atoms with Crippen molar-refractivity contribution in [1.82, 2.24) is 4.98 Å². The minimum atomic E-state index is -0.131. The lowest BCUT2D eigenvalue weighted by atomic mass is 10.0. The quantitative estimate of drug-likeness (QED) is 0.933. The zero-order valence-electron chi connectivity index (χ0n) is 12.6. The Hall–Kier alpha value is -1.39. The molecule has 0 radical (unpaired) electrons. The van der Waals surface area contributed by atoms with E-state index in [1.807, 2.05) is 38.1 Å². The van der Waals surface area contributed by atoms with Crippen LogP contribution in [0.25, 0.3) is 0 Å². The molecule has 0 saturated heterocycles. The smallest absolute Gasteiger partial charge is 0.119 e. The minimum absolute atomic E-state index is 0.131. The van der Waals surface area contributed by atoms with Crippen molar-refractivity contribution in [3.8, 4) is 5.75 Å². The van der Waals surface area contributed by atoms with Crippen molar-refractivity contribution in [1.29, 1.82) is 0 Å². The number of fused-ring (bicyclic) bond motifs is 1. The summed E-state index contributed by atoms with van der Waals surface area (Å²) in [5.41, 5.74) is 8.76. The van der Waals surface area contributed by atoms with Crippen molar-refractivity contribution in [2.24, 2.45) is 5.73 Å². The predicted molar refractivity (Wildman–Crippen MR) is 87.0 cm³/mol. The Labute approximate surface area is 130 Å². The molecule has 0 aliphatic heterocycles. The average Bonchev–Trinajstić information content (AvgIpc) is 2.90. The van der Waals surface area contributed by atoms with Crippen LogP contribution in [0, 0.1) is 0 Å². The maximum Gasteiger partial charge on any atom is 0.119 e. The third-order valence-corrected chi connectivity index (χ3v) is 4.98. The van der Waals surface area contributed by atoms with Gasteiger partial charge in [-0.3, -0.25) is 0 Å². The summed E-state index contributed by atoms with van der Waals surface area (Å²) in [7, 11) is 0. The SMILES string of the molecule is CC(C)Oc1ccc(C(N)c2nc3c(s2)CCCC3)cc1. The lowest BCUT2D eigenvalue weighted by Gasteiger charge is -2.12. The number of nitrogens with zero attached hydrogens (tertiary/aromatic N) is 1. The van der Waals surface area contributed by atoms with Gasteiger partial charge in [-0.1, -0.05) is 12.1 Å². The number of aryl methyl sites for hydroxylation is 2. The van der Waals surface area contributed by atoms with E-state index in [1.165, 1.54) is 29.8 Å². The first-order valence-corrected chi connectivity index (χ1v) is 8.46. The molecule has 1 aliphatic carbocycles. The molecule has 0 fully saturated rings. The Morgan fingerprint density at radius 3 is 2.52 bits per heavy atom. The molecule has 4 heteroatoms. The molecule has 1 heterocycles. The largest absolute Gasteiger partial charge is 0.491 e. The molecule has 2 N–H and O–H groups in total. The predicted octanol–water partition coefficient (Wildman–Crippen LogP) is 3.86. The van der Waals surface area contributed by atoms with E-state index in [4.69, 9.17) is 15.5 Å². The normalized spacial score (nSPS) is 15.8. The van der Waals surface area contributed by atoms with E-state index in [0.717, 1.165) is 22.7 Å². The van der Waals surface area contributed by atoms with Crippen LogP contribution in [0.15, 0.2) is 24.3 Å². The van der Waals surface area contributed by atoms with E-state index in [2.05, 4.69) is 0 Å². The fraction of sp³-hybridized carbons (Fsp3) is 0.471. The molecule has 1 atom stereocenters. The number of ether oxygens (including phenoxy) is 1. The van der Waals surface area contributed by atoms with Crippen molar-refractivity contribution < 1.29 is 4.74 Å². The van der Waals surface area contributed by atoms with Crippen LogP contribution >= 0.6 is 11.3 Å². The first-order chi connectivity index (χ1) is 10.1. The van der Waals surface area contributed by atoms with Crippen LogP contribution in [0.4, 0.5) is 0 Å². The van der Waals surface area contributed by atoms with Gasteiger partial charge in [0.05, 0.1) is 17.8 Å². The molecule has 0 saturated carbocycles. The first kappa shape index (κ1) is 14.5. The molecule has 1 aliphatic rings. The van der Waals surface area contributed by atoms with E-state index in [0.29, 0.717) is 0 Å². The van der Waals surface area contributed by atoms with Crippen molar-refractivity contribution in [3.63, 3.8) is 0 Å². The minimum Gasteiger partial charge on any atom is -0.491 e. The second-order valence-electron chi connectivity index (χ2n) is 5.84. The molecule has 1 aromatic carbocycles. The molecule has 0 bridgehead atoms. The molecule has 0 spiro atoms. The molecule has 1 aromatic heterocycles. The topological polar surface area (TPSA) is 48.1 Å². The van der Waals surface area contributed by atoms with Gasteiger partial charge < -0.3 is 10.5 Å². The summed E-state index contributed by atoms with van der Waals surface area (Å²) in [5.74, 6) is 0.888. The summed E-state index contributed by atoms with van der Waals surface area (Å²) in [6.07, 6.45) is 5.01. The van der Waals surface area contributed by atoms with Crippen molar-refractivity contribution >= 4 is 11.3 Å². The van der Waals surface area contributed by atoms with Gasteiger partial charge in [-0.25, -0.2) is 4.98 Å². The van der Waals surface area contributed by atoms with Crippen LogP contribution in [-0.2, 0) is 12.8 Å². The van der Waals surface area contributed by atoms with Gasteiger partial charge in [-0.05, 0) is 57.2 Å². The van der Waals surface area contributed by atoms with E-state index in [1.54, 1.807) is 11.3 Å². The second-order valence-corrected chi connectivity index (χ2v) is 6.96. The van der Waals surface area contributed by atoms with Gasteiger partial charge in [0.2, 0.25) is 0 Å². The number of benzene rings is 1. The van der Waals surface area contributed by atoms with Crippen LogP contribution < -0.4 is 10.5 Å². The first-order valence-electron chi connectivity index (χ1n) is 7.64. The lowest BCUT2D eigenvalue weighted by molar-refractivity contribution is 0.242. The highest BCUT2D eigenvalue weighted by Crippen LogP contribution is 2.31. The van der Waals surface area contributed by atoms with Gasteiger partial charge in [-0.15, -0.1) is 11.3 Å². The summed E-state index contributed by atoms with van der Waals surface area (Å²) in [6.45, 7) is 4.06. The van der Waals surface area contributed by atoms with Crippen LogP contribution in [0.3, 0.4) is 0 Å². The van der Waals surface area contributed by atoms with Crippen molar-refractivity contribution in [2.75, 3.05) is 0 Å². The monoisotopic (exact) mass is 302 g/mol. The van der Waals surface area contributed by atoms with Gasteiger partial charge in [0.1, 0.15) is 10.8 Å². The van der Waals surface area contributed by atoms with Gasteiger partial charge in [-0.2, -0.15) is 0 Å². The Bertz CT molecular complexity index is 580. The van der Waals surface area contributed by atoms with Crippen LogP contribution in [0.2, 0.25) is 0 Å². The van der Waals surface area contributed by atoms with E-state index < -0.39 is 0 Å². The molecule has 112 valence electrons. The van der Waals surface area contributed by atoms with Crippen LogP contribution in [0.1, 0.15) is 53.9 Å². The zero-order chi connectivity index (χ0) is 14.8. The number of rotatable bonds is 4. The Balaban J connectivity index is 1.78. The van der Waals surface area contributed by atoms with Crippen molar-refractivity contribution in [3.05, 3.63) is 45.4 Å². The maximum atomic E-state index is 6.39. The lowest BCUT2D eigenvalue weighted by Crippen LogP contribution is -2.12. The van der Waals surface area contributed by atoms with E-state index >= 15 is 0 Å². The standard InChI is InChI=1S/C17H22N2OS/c1-11(2)20-13-9-7-12(8-10-13)16(18)17-19-14-5-3-4-6-15(14)21-17/h7-11,16H,3-6,18H2,1-2H3. The fourth-order valence-corrected chi connectivity index (χ4v) is 3.86. The van der Waals surface area contributed by atoms with Gasteiger partial charge >= 0.3 is 0 Å². The van der Waals surface area contributed by atoms with Gasteiger partial charge in [0, 0.05) is 4.88 Å². The third kappa shape index (κ3) is 3.27. The number of hydrogen-bond acceptors (Lipinski definition) is 4. The highest BCUT2D eigenvalue weighted by molar-refractivity contribution is 7.11. The number of nitrogens with two attached hydrogens (primary N) is 1. The molecule has 1 unspecified atom stereocenters. The summed E-state index contributed by atoms with van der Waals surface area (Å²) in [5, 5.41) is 1.04. The molecule has 3 nitrogen and oxygen atoms in total. The fourth-order valence-electron chi connectivity index (χ4n) is 2.67. The summed E-state index contributed by atoms with van der Waals surface area (Å²) in [6, 6.07) is 7.94.